The van der Waals surface area contributed by atoms with Gasteiger partial charge in [0.25, 0.3) is 0 Å². The lowest BCUT2D eigenvalue weighted by Gasteiger charge is -2.14. The number of aromatic nitrogens is 2. The third-order valence-corrected chi connectivity index (χ3v) is 4.71. The van der Waals surface area contributed by atoms with Gasteiger partial charge in [0.05, 0.1) is 11.4 Å². The third kappa shape index (κ3) is 3.70. The van der Waals surface area contributed by atoms with Gasteiger partial charge in [0, 0.05) is 11.3 Å². The summed E-state index contributed by atoms with van der Waals surface area (Å²) < 4.78 is 41.3. The van der Waals surface area contributed by atoms with E-state index >= 15 is 0 Å². The molecule has 1 aliphatic carbocycles. The summed E-state index contributed by atoms with van der Waals surface area (Å²) in [7, 11) is 0. The minimum Gasteiger partial charge on any atom is -0.271 e. The van der Waals surface area contributed by atoms with Crippen LogP contribution in [0.2, 0.25) is 0 Å². The van der Waals surface area contributed by atoms with Crippen molar-refractivity contribution in [2.75, 3.05) is 6.26 Å². The Labute approximate surface area is 152 Å². The summed E-state index contributed by atoms with van der Waals surface area (Å²) in [5, 5.41) is 15.4. The molecule has 0 aliphatic heterocycles. The van der Waals surface area contributed by atoms with E-state index in [4.69, 9.17) is 5.26 Å². The van der Waals surface area contributed by atoms with Gasteiger partial charge < -0.3 is 0 Å². The Morgan fingerprint density at radius 3 is 2.58 bits per heavy atom. The fourth-order valence-corrected chi connectivity index (χ4v) is 3.34. The highest BCUT2D eigenvalue weighted by Gasteiger charge is 2.39. The first-order valence-corrected chi connectivity index (χ1v) is 9.22. The van der Waals surface area contributed by atoms with Crippen LogP contribution in [0.15, 0.2) is 29.3 Å². The second kappa shape index (κ2) is 7.41. The molecule has 1 N–H and O–H groups in total. The molecule has 0 atom stereocenters. The molecule has 2 aromatic rings. The minimum absolute atomic E-state index is 0.314. The number of benzene rings is 1. The molecule has 5 nitrogen and oxygen atoms in total. The van der Waals surface area contributed by atoms with Crippen LogP contribution in [-0.2, 0) is 19.0 Å². The van der Waals surface area contributed by atoms with E-state index in [1.165, 1.54) is 16.4 Å². The highest BCUT2D eigenvalue weighted by atomic mass is 32.2. The summed E-state index contributed by atoms with van der Waals surface area (Å²) in [5.74, 6) is 0. The highest BCUT2D eigenvalue weighted by molar-refractivity contribution is 8.13. The molecule has 1 aromatic carbocycles. The third-order valence-electron chi connectivity index (χ3n) is 4.13. The first kappa shape index (κ1) is 18.3. The molecule has 1 aliphatic rings. The van der Waals surface area contributed by atoms with Gasteiger partial charge in [0.15, 0.2) is 17.1 Å². The predicted octanol–water partition coefficient (Wildman–Crippen LogP) is 4.19. The van der Waals surface area contributed by atoms with Crippen LogP contribution in [0.3, 0.4) is 0 Å². The fraction of sp³-hybridized carbons (Fsp3) is 0.353. The molecule has 0 radical (unpaired) electrons. The van der Waals surface area contributed by atoms with E-state index in [1.54, 1.807) is 36.7 Å². The highest BCUT2D eigenvalue weighted by Crippen LogP contribution is 2.36. The van der Waals surface area contributed by atoms with Crippen LogP contribution in [0.5, 0.6) is 0 Å². The Kier molecular flexibility index (Phi) is 5.23. The van der Waals surface area contributed by atoms with E-state index < -0.39 is 11.9 Å². The number of fused-ring (bicyclic) bond motifs is 1. The van der Waals surface area contributed by atoms with Crippen molar-refractivity contribution in [3.8, 4) is 11.9 Å². The molecule has 1 heterocycles. The van der Waals surface area contributed by atoms with E-state index in [1.807, 2.05) is 0 Å². The average molecular weight is 379 g/mol. The molecular weight excluding hydrogens is 363 g/mol. The maximum atomic E-state index is 13.3. The summed E-state index contributed by atoms with van der Waals surface area (Å²) in [6, 6.07) is 6.75. The quantitative estimate of drug-likeness (QED) is 0.368. The van der Waals surface area contributed by atoms with Crippen molar-refractivity contribution >= 4 is 22.6 Å². The molecule has 0 fully saturated rings. The van der Waals surface area contributed by atoms with Crippen molar-refractivity contribution in [3.05, 3.63) is 41.2 Å². The van der Waals surface area contributed by atoms with Gasteiger partial charge >= 0.3 is 6.18 Å². The number of halogens is 3. The lowest BCUT2D eigenvalue weighted by atomic mass is 9.95. The zero-order chi connectivity index (χ0) is 18.7. The number of thioether (sulfide) groups is 1. The Morgan fingerprint density at radius 1 is 1.27 bits per heavy atom. The number of nitrogens with zero attached hydrogens (tertiary/aromatic N) is 4. The Hall–Kier alpha value is -2.47. The number of alkyl halides is 3. The number of rotatable bonds is 2. The summed E-state index contributed by atoms with van der Waals surface area (Å²) in [5.41, 5.74) is 1.33. The monoisotopic (exact) mass is 379 g/mol. The largest absolute Gasteiger partial charge is 0.435 e. The second-order valence-electron chi connectivity index (χ2n) is 5.76. The van der Waals surface area contributed by atoms with Gasteiger partial charge in [-0.2, -0.15) is 23.5 Å². The number of nitrogens with one attached hydrogen (secondary N) is 1. The number of amidine groups is 1. The zero-order valence-corrected chi connectivity index (χ0v) is 14.8. The van der Waals surface area contributed by atoms with E-state index in [2.05, 4.69) is 15.4 Å². The van der Waals surface area contributed by atoms with Gasteiger partial charge in [-0.15, -0.1) is 0 Å². The normalized spacial score (nSPS) is 14.7. The van der Waals surface area contributed by atoms with Crippen molar-refractivity contribution in [3.63, 3.8) is 0 Å². The number of hydrogen-bond donors (Lipinski definition) is 1. The minimum atomic E-state index is -4.45. The van der Waals surface area contributed by atoms with Crippen molar-refractivity contribution in [1.29, 1.82) is 5.26 Å². The van der Waals surface area contributed by atoms with Gasteiger partial charge in [-0.1, -0.05) is 11.8 Å². The van der Waals surface area contributed by atoms with Crippen LogP contribution < -0.4 is 5.32 Å². The topological polar surface area (TPSA) is 66.0 Å². The molecule has 136 valence electrons. The van der Waals surface area contributed by atoms with E-state index in [9.17, 15) is 13.2 Å². The average Bonchev–Trinajstić information content (AvgIpc) is 3.02. The van der Waals surface area contributed by atoms with Gasteiger partial charge in [-0.3, -0.25) is 5.32 Å². The van der Waals surface area contributed by atoms with Crippen LogP contribution in [0.4, 0.5) is 18.9 Å². The number of hydrogen-bond acceptors (Lipinski definition) is 4. The molecule has 0 saturated carbocycles. The van der Waals surface area contributed by atoms with Gasteiger partial charge in [-0.05, 0) is 56.2 Å². The van der Waals surface area contributed by atoms with Gasteiger partial charge in [-0.25, -0.2) is 9.67 Å². The standard InChI is InChI=1S/C17H16F3N5S/c1-26-16(22-10-21)23-11-6-8-12(9-7-11)25-14-5-3-2-4-13(14)15(24-25)17(18,19)20/h6-9H,2-5H2,1H3,(H,22,23). The maximum absolute atomic E-state index is 13.3. The first-order valence-electron chi connectivity index (χ1n) is 8.00. The zero-order valence-electron chi connectivity index (χ0n) is 14.0. The Balaban J connectivity index is 1.98. The molecule has 0 spiro atoms. The molecule has 1 aromatic heterocycles. The van der Waals surface area contributed by atoms with E-state index in [-0.39, 0.29) is 0 Å². The molecule has 0 saturated heterocycles. The lowest BCUT2D eigenvalue weighted by Crippen LogP contribution is -2.12. The molecule has 0 bridgehead atoms. The Bertz CT molecular complexity index is 862. The van der Waals surface area contributed by atoms with Crippen LogP contribution in [0.1, 0.15) is 29.8 Å². The summed E-state index contributed by atoms with van der Waals surface area (Å²) in [6.45, 7) is 0. The van der Waals surface area contributed by atoms with Gasteiger partial charge in [0.1, 0.15) is 0 Å². The molecular formula is C17H16F3N5S. The first-order chi connectivity index (χ1) is 12.4. The molecule has 26 heavy (non-hydrogen) atoms. The smallest absolute Gasteiger partial charge is 0.271 e. The van der Waals surface area contributed by atoms with Crippen molar-refractivity contribution in [2.24, 2.45) is 4.99 Å². The summed E-state index contributed by atoms with van der Waals surface area (Å²) in [4.78, 5) is 4.27. The van der Waals surface area contributed by atoms with E-state index in [0.717, 1.165) is 12.8 Å². The molecule has 0 amide bonds. The molecule has 3 rings (SSSR count). The second-order valence-corrected chi connectivity index (χ2v) is 6.56. The number of nitriles is 1. The Morgan fingerprint density at radius 2 is 1.96 bits per heavy atom. The summed E-state index contributed by atoms with van der Waals surface area (Å²) >= 11 is 1.29. The van der Waals surface area contributed by atoms with Crippen molar-refractivity contribution < 1.29 is 13.2 Å². The van der Waals surface area contributed by atoms with Gasteiger partial charge in [0.2, 0.25) is 0 Å². The van der Waals surface area contributed by atoms with Crippen molar-refractivity contribution in [1.82, 2.24) is 15.1 Å². The molecule has 0 unspecified atom stereocenters. The van der Waals surface area contributed by atoms with Crippen LogP contribution >= 0.6 is 11.8 Å². The fourth-order valence-electron chi connectivity index (χ4n) is 3.00. The number of aliphatic imine (C=N–C) groups is 1. The molecule has 9 heteroatoms. The summed E-state index contributed by atoms with van der Waals surface area (Å²) in [6.07, 6.45) is 1.73. The SMILES string of the molecule is CSC(=Nc1ccc(-n2nc(C(F)(F)F)c3c2CCCC3)cc1)NC#N. The predicted molar refractivity (Wildman–Crippen MR) is 94.6 cm³/mol. The lowest BCUT2D eigenvalue weighted by molar-refractivity contribution is -0.142. The van der Waals surface area contributed by atoms with Crippen LogP contribution in [0, 0.1) is 11.5 Å². The maximum Gasteiger partial charge on any atom is 0.435 e. The van der Waals surface area contributed by atoms with E-state index in [0.29, 0.717) is 40.6 Å². The van der Waals surface area contributed by atoms with Crippen LogP contribution in [-0.4, -0.2) is 21.2 Å². The van der Waals surface area contributed by atoms with Crippen molar-refractivity contribution in [2.45, 2.75) is 31.9 Å². The van der Waals surface area contributed by atoms with Crippen LogP contribution in [0.25, 0.3) is 5.69 Å².